The molecule has 1 fully saturated rings. The lowest BCUT2D eigenvalue weighted by molar-refractivity contribution is -0.991. The van der Waals surface area contributed by atoms with Gasteiger partial charge in [-0.3, -0.25) is 4.79 Å². The van der Waals surface area contributed by atoms with Gasteiger partial charge in [0.25, 0.3) is 0 Å². The number of carbonyl (C=O) groups is 1. The lowest BCUT2D eigenvalue weighted by Crippen LogP contribution is -2.99. The molecule has 3 rings (SSSR count). The van der Waals surface area contributed by atoms with Crippen LogP contribution >= 0.6 is 0 Å². The largest absolute Gasteiger partial charge is 0.595 e. The number of quaternary nitrogens is 1. The van der Waals surface area contributed by atoms with E-state index in [4.69, 9.17) is 14.7 Å². The molecule has 1 saturated carbocycles. The van der Waals surface area contributed by atoms with E-state index in [1.54, 1.807) is 25.3 Å². The quantitative estimate of drug-likeness (QED) is 0.562. The van der Waals surface area contributed by atoms with Crippen molar-refractivity contribution in [1.82, 2.24) is 0 Å². The van der Waals surface area contributed by atoms with E-state index in [0.29, 0.717) is 11.5 Å². The van der Waals surface area contributed by atoms with Crippen LogP contribution in [0.3, 0.4) is 0 Å². The minimum absolute atomic E-state index is 0.178. The predicted molar refractivity (Wildman–Crippen MR) is 96.3 cm³/mol. The van der Waals surface area contributed by atoms with Crippen molar-refractivity contribution in [1.29, 1.82) is 0 Å². The first-order valence-corrected chi connectivity index (χ1v) is 8.42. The summed E-state index contributed by atoms with van der Waals surface area (Å²) < 4.78 is 11.1. The molecule has 136 valence electrons. The van der Waals surface area contributed by atoms with Gasteiger partial charge < -0.3 is 14.7 Å². The third-order valence-corrected chi connectivity index (χ3v) is 4.22. The lowest BCUT2D eigenvalue weighted by Gasteiger charge is -2.13. The first-order chi connectivity index (χ1) is 12.6. The number of carbonyl (C=O) groups excluding carboxylic acids is 1. The molecule has 0 aromatic heterocycles. The summed E-state index contributed by atoms with van der Waals surface area (Å²) >= 11 is 0. The third-order valence-electron chi connectivity index (χ3n) is 4.22. The van der Waals surface area contributed by atoms with E-state index in [0.717, 1.165) is 24.0 Å². The summed E-state index contributed by atoms with van der Waals surface area (Å²) in [4.78, 5) is 11.8. The Morgan fingerprint density at radius 3 is 2.62 bits per heavy atom. The zero-order chi connectivity index (χ0) is 18.5. The topological polar surface area (TPSA) is 83.3 Å². The summed E-state index contributed by atoms with van der Waals surface area (Å²) in [6.45, 7) is 0.272. The van der Waals surface area contributed by atoms with Crippen LogP contribution in [-0.2, 0) is 11.4 Å². The summed E-state index contributed by atoms with van der Waals surface area (Å²) in [6, 6.07) is 11.9. The highest BCUT2D eigenvalue weighted by Gasteiger charge is 2.27. The molecule has 6 heteroatoms. The maximum atomic E-state index is 11.8. The van der Waals surface area contributed by atoms with E-state index >= 15 is 0 Å². The second-order valence-corrected chi connectivity index (χ2v) is 6.20. The molecular weight excluding hydrogens is 334 g/mol. The highest BCUT2D eigenvalue weighted by molar-refractivity contribution is 5.96. The lowest BCUT2D eigenvalue weighted by atomic mass is 10.1. The van der Waals surface area contributed by atoms with Gasteiger partial charge in [-0.25, -0.2) is 5.21 Å². The fraction of sp³-hybridized carbons (Fsp3) is 0.250. The highest BCUT2D eigenvalue weighted by atomic mass is 16.8. The van der Waals surface area contributed by atoms with Gasteiger partial charge >= 0.3 is 0 Å². The first-order valence-electron chi connectivity index (χ1n) is 8.42. The van der Waals surface area contributed by atoms with Crippen LogP contribution in [0.4, 0.5) is 5.69 Å². The molecular formula is C20H21NO5. The number of rotatable bonds is 8. The molecule has 6 nitrogen and oxygen atoms in total. The molecule has 0 aliphatic heterocycles. The van der Waals surface area contributed by atoms with E-state index in [2.05, 4.69) is 0 Å². The Bertz CT molecular complexity index is 794. The third kappa shape index (κ3) is 4.70. The van der Waals surface area contributed by atoms with E-state index in [1.165, 1.54) is 12.1 Å². The number of ketones is 1. The fourth-order valence-corrected chi connectivity index (χ4v) is 2.55. The van der Waals surface area contributed by atoms with Crippen LogP contribution in [-0.4, -0.2) is 18.1 Å². The standard InChI is InChI=1S/C20H21NO5/c1-25-20-11-3-14(2-10-19(22)15-4-5-15)12-16(20)13-26-18-8-6-17(7-9-18)21(23)24/h2-3,6-12,15,21,23H,4-5,13H2,1H3. The normalized spacial score (nSPS) is 15.0. The zero-order valence-corrected chi connectivity index (χ0v) is 14.5. The summed E-state index contributed by atoms with van der Waals surface area (Å²) in [7, 11) is 1.59. The molecule has 1 aliphatic rings. The maximum Gasteiger partial charge on any atom is 0.164 e. The van der Waals surface area contributed by atoms with E-state index in [1.807, 2.05) is 24.3 Å². The Morgan fingerprint density at radius 2 is 2.00 bits per heavy atom. The summed E-state index contributed by atoms with van der Waals surface area (Å²) in [5.41, 5.74) is 1.96. The molecule has 2 N–H and O–H groups in total. The summed E-state index contributed by atoms with van der Waals surface area (Å²) in [5, 5.41) is 18.8. The van der Waals surface area contributed by atoms with Crippen LogP contribution in [0.25, 0.3) is 6.08 Å². The van der Waals surface area contributed by atoms with Crippen molar-refractivity contribution < 1.29 is 24.7 Å². The molecule has 0 heterocycles. The Hall–Kier alpha value is -2.67. The molecule has 0 amide bonds. The van der Waals surface area contributed by atoms with Crippen molar-refractivity contribution in [2.45, 2.75) is 19.4 Å². The van der Waals surface area contributed by atoms with Crippen molar-refractivity contribution in [3.8, 4) is 11.5 Å². The van der Waals surface area contributed by atoms with Gasteiger partial charge in [0.05, 0.1) is 7.11 Å². The zero-order valence-electron chi connectivity index (χ0n) is 14.5. The van der Waals surface area contributed by atoms with Crippen molar-refractivity contribution in [3.63, 3.8) is 0 Å². The van der Waals surface area contributed by atoms with Gasteiger partial charge in [-0.05, 0) is 48.7 Å². The van der Waals surface area contributed by atoms with Crippen molar-refractivity contribution >= 4 is 17.5 Å². The van der Waals surface area contributed by atoms with Crippen molar-refractivity contribution in [3.05, 3.63) is 64.9 Å². The number of methoxy groups -OCH3 is 1. The van der Waals surface area contributed by atoms with Crippen LogP contribution in [0.2, 0.25) is 0 Å². The number of nitrogens with one attached hydrogen (secondary N) is 1. The molecule has 1 atom stereocenters. The summed E-state index contributed by atoms with van der Waals surface area (Å²) in [5.74, 6) is 1.65. The van der Waals surface area contributed by atoms with Gasteiger partial charge in [-0.2, -0.15) is 5.23 Å². The van der Waals surface area contributed by atoms with Crippen LogP contribution in [0.1, 0.15) is 24.0 Å². The molecule has 0 radical (unpaired) electrons. The Balaban J connectivity index is 1.68. The van der Waals surface area contributed by atoms with Crippen molar-refractivity contribution in [2.24, 2.45) is 5.92 Å². The van der Waals surface area contributed by atoms with Gasteiger partial charge in [0, 0.05) is 23.6 Å². The minimum Gasteiger partial charge on any atom is -0.595 e. The molecule has 0 bridgehead atoms. The number of ether oxygens (including phenoxy) is 2. The molecule has 26 heavy (non-hydrogen) atoms. The Labute approximate surface area is 151 Å². The summed E-state index contributed by atoms with van der Waals surface area (Å²) in [6.07, 6.45) is 5.43. The first kappa shape index (κ1) is 18.1. The monoisotopic (exact) mass is 355 g/mol. The SMILES string of the molecule is COc1ccc(C=CC(=O)C2CC2)cc1COc1ccc([NH+]([O-])O)cc1. The minimum atomic E-state index is -0.974. The second kappa shape index (κ2) is 8.14. The average molecular weight is 355 g/mol. The smallest absolute Gasteiger partial charge is 0.164 e. The fourth-order valence-electron chi connectivity index (χ4n) is 2.55. The molecule has 1 aliphatic carbocycles. The van der Waals surface area contributed by atoms with E-state index < -0.39 is 5.23 Å². The van der Waals surface area contributed by atoms with E-state index in [-0.39, 0.29) is 24.0 Å². The maximum absolute atomic E-state index is 11.8. The van der Waals surface area contributed by atoms with Gasteiger partial charge in [-0.15, -0.1) is 0 Å². The van der Waals surface area contributed by atoms with Crippen LogP contribution < -0.4 is 14.7 Å². The number of hydrogen-bond acceptors (Lipinski definition) is 5. The number of hydrogen-bond donors (Lipinski definition) is 2. The van der Waals surface area contributed by atoms with Crippen LogP contribution in [0.5, 0.6) is 11.5 Å². The highest BCUT2D eigenvalue weighted by Crippen LogP contribution is 2.30. The number of benzene rings is 2. The molecule has 0 saturated heterocycles. The molecule has 2 aromatic carbocycles. The molecule has 1 unspecified atom stereocenters. The van der Waals surface area contributed by atoms with E-state index in [9.17, 15) is 10.0 Å². The van der Waals surface area contributed by atoms with Gasteiger partial charge in [0.2, 0.25) is 0 Å². The van der Waals surface area contributed by atoms with Gasteiger partial charge in [0.15, 0.2) is 11.5 Å². The number of allylic oxidation sites excluding steroid dienone is 1. The van der Waals surface area contributed by atoms with Gasteiger partial charge in [0.1, 0.15) is 18.1 Å². The van der Waals surface area contributed by atoms with Crippen LogP contribution in [0, 0.1) is 11.1 Å². The predicted octanol–water partition coefficient (Wildman–Crippen LogP) is 2.67. The van der Waals surface area contributed by atoms with Crippen molar-refractivity contribution in [2.75, 3.05) is 7.11 Å². The molecule has 0 spiro atoms. The molecule has 2 aromatic rings. The Morgan fingerprint density at radius 1 is 1.27 bits per heavy atom. The van der Waals surface area contributed by atoms with Gasteiger partial charge in [-0.1, -0.05) is 12.1 Å². The Kier molecular flexibility index (Phi) is 5.68. The average Bonchev–Trinajstić information content (AvgIpc) is 3.50. The second-order valence-electron chi connectivity index (χ2n) is 6.20. The van der Waals surface area contributed by atoms with Crippen LogP contribution in [0.15, 0.2) is 48.5 Å².